The van der Waals surface area contributed by atoms with E-state index in [2.05, 4.69) is 0 Å². The van der Waals surface area contributed by atoms with Gasteiger partial charge in [-0.1, -0.05) is 37.3 Å². The van der Waals surface area contributed by atoms with Crippen LogP contribution in [0.2, 0.25) is 0 Å². The molecule has 3 rings (SSSR count). The lowest BCUT2D eigenvalue weighted by atomic mass is 9.95. The molecule has 0 aliphatic carbocycles. The van der Waals surface area contributed by atoms with Crippen molar-refractivity contribution in [3.8, 4) is 5.75 Å². The fourth-order valence-corrected chi connectivity index (χ4v) is 2.43. The van der Waals surface area contributed by atoms with Crippen LogP contribution < -0.4 is 4.74 Å². The molecule has 3 heteroatoms. The molecular weight excluding hydrogens is 252 g/mol. The Hall–Kier alpha value is -2.13. The Labute approximate surface area is 117 Å². The van der Waals surface area contributed by atoms with Gasteiger partial charge in [0.15, 0.2) is 5.78 Å². The van der Waals surface area contributed by atoms with Gasteiger partial charge >= 0.3 is 0 Å². The molecule has 2 aromatic carbocycles. The van der Waals surface area contributed by atoms with E-state index in [1.54, 1.807) is 6.07 Å². The first kappa shape index (κ1) is 12.9. The van der Waals surface area contributed by atoms with E-state index >= 15 is 0 Å². The lowest BCUT2D eigenvalue weighted by Gasteiger charge is -2.12. The van der Waals surface area contributed by atoms with Crippen molar-refractivity contribution in [3.63, 3.8) is 0 Å². The summed E-state index contributed by atoms with van der Waals surface area (Å²) in [6, 6.07) is 13.1. The van der Waals surface area contributed by atoms with Crippen LogP contribution in [-0.2, 0) is 6.61 Å². The summed E-state index contributed by atoms with van der Waals surface area (Å²) >= 11 is 0. The summed E-state index contributed by atoms with van der Waals surface area (Å²) in [5, 5.41) is 9.23. The van der Waals surface area contributed by atoms with Crippen molar-refractivity contribution in [1.82, 2.24) is 0 Å². The maximum Gasteiger partial charge on any atom is 0.197 e. The van der Waals surface area contributed by atoms with Crippen molar-refractivity contribution in [3.05, 3.63) is 64.7 Å². The number of rotatable bonds is 2. The summed E-state index contributed by atoms with van der Waals surface area (Å²) in [6.07, 6.45) is 0. The first-order chi connectivity index (χ1) is 9.70. The van der Waals surface area contributed by atoms with Crippen molar-refractivity contribution in [2.45, 2.75) is 19.4 Å². The maximum atomic E-state index is 12.5. The monoisotopic (exact) mass is 268 g/mol. The summed E-state index contributed by atoms with van der Waals surface area (Å²) in [6.45, 7) is 2.41. The minimum atomic E-state index is -0.00342. The zero-order chi connectivity index (χ0) is 14.1. The van der Waals surface area contributed by atoms with Crippen molar-refractivity contribution < 1.29 is 14.6 Å². The summed E-state index contributed by atoms with van der Waals surface area (Å²) in [5.41, 5.74) is 3.17. The number of aliphatic hydroxyl groups is 1. The number of aliphatic hydroxyl groups excluding tert-OH is 1. The van der Waals surface area contributed by atoms with Gasteiger partial charge in [0.1, 0.15) is 12.4 Å². The molecule has 0 spiro atoms. The van der Waals surface area contributed by atoms with E-state index in [4.69, 9.17) is 4.74 Å². The van der Waals surface area contributed by atoms with Crippen molar-refractivity contribution in [1.29, 1.82) is 0 Å². The predicted octanol–water partition coefficient (Wildman–Crippen LogP) is 2.91. The summed E-state index contributed by atoms with van der Waals surface area (Å²) in [7, 11) is 0. The quantitative estimate of drug-likeness (QED) is 0.911. The van der Waals surface area contributed by atoms with Crippen molar-refractivity contribution >= 4 is 5.78 Å². The highest BCUT2D eigenvalue weighted by molar-refractivity contribution is 6.12. The number of fused-ring (bicyclic) bond motifs is 2. The Balaban J connectivity index is 2.07. The van der Waals surface area contributed by atoms with Gasteiger partial charge in [-0.25, -0.2) is 0 Å². The number of carbonyl (C=O) groups excluding carboxylic acids is 1. The van der Waals surface area contributed by atoms with E-state index in [1.165, 1.54) is 0 Å². The molecular formula is C17H16O3. The van der Waals surface area contributed by atoms with Gasteiger partial charge in [0.2, 0.25) is 0 Å². The van der Waals surface area contributed by atoms with E-state index in [0.717, 1.165) is 11.1 Å². The zero-order valence-electron chi connectivity index (χ0n) is 11.3. The number of benzene rings is 2. The van der Waals surface area contributed by atoms with E-state index in [0.29, 0.717) is 23.5 Å². The third-order valence-electron chi connectivity index (χ3n) is 3.74. The van der Waals surface area contributed by atoms with Crippen LogP contribution in [0.15, 0.2) is 42.5 Å². The molecule has 0 unspecified atom stereocenters. The summed E-state index contributed by atoms with van der Waals surface area (Å²) < 4.78 is 5.78. The van der Waals surface area contributed by atoms with Gasteiger partial charge in [0, 0.05) is 23.7 Å². The first-order valence-electron chi connectivity index (χ1n) is 6.71. The molecule has 1 aliphatic rings. The molecule has 0 amide bonds. The van der Waals surface area contributed by atoms with Gasteiger partial charge in [0.05, 0.1) is 5.56 Å². The Kier molecular flexibility index (Phi) is 3.28. The van der Waals surface area contributed by atoms with Crippen molar-refractivity contribution in [2.75, 3.05) is 6.61 Å². The minimum Gasteiger partial charge on any atom is -0.488 e. The molecule has 1 N–H and O–H groups in total. The highest BCUT2D eigenvalue weighted by Crippen LogP contribution is 2.31. The summed E-state index contributed by atoms with van der Waals surface area (Å²) in [4.78, 5) is 12.5. The van der Waals surface area contributed by atoms with Crippen LogP contribution in [-0.4, -0.2) is 17.5 Å². The Morgan fingerprint density at radius 2 is 2.00 bits per heavy atom. The van der Waals surface area contributed by atoms with Crippen molar-refractivity contribution in [2.24, 2.45) is 0 Å². The van der Waals surface area contributed by atoms with Crippen LogP contribution in [0.5, 0.6) is 5.75 Å². The number of carbonyl (C=O) groups is 1. The molecule has 0 bridgehead atoms. The second-order valence-electron chi connectivity index (χ2n) is 5.11. The van der Waals surface area contributed by atoms with E-state index in [9.17, 15) is 9.90 Å². The van der Waals surface area contributed by atoms with Crippen LogP contribution in [0, 0.1) is 0 Å². The Bertz CT molecular complexity index is 661. The lowest BCUT2D eigenvalue weighted by molar-refractivity contribution is 0.103. The molecule has 2 aromatic rings. The Morgan fingerprint density at radius 3 is 2.80 bits per heavy atom. The molecule has 3 nitrogen and oxygen atoms in total. The molecule has 0 aromatic heterocycles. The van der Waals surface area contributed by atoms with Gasteiger partial charge < -0.3 is 9.84 Å². The van der Waals surface area contributed by atoms with Gasteiger partial charge in [-0.3, -0.25) is 4.79 Å². The number of hydrogen-bond acceptors (Lipinski definition) is 3. The highest BCUT2D eigenvalue weighted by Gasteiger charge is 2.22. The van der Waals surface area contributed by atoms with Crippen LogP contribution in [0.1, 0.15) is 39.9 Å². The molecule has 0 fully saturated rings. The van der Waals surface area contributed by atoms with Gasteiger partial charge in [-0.15, -0.1) is 0 Å². The largest absolute Gasteiger partial charge is 0.488 e. The van der Waals surface area contributed by atoms with Gasteiger partial charge in [-0.05, 0) is 17.7 Å². The lowest BCUT2D eigenvalue weighted by Crippen LogP contribution is -2.04. The number of ketones is 1. The fourth-order valence-electron chi connectivity index (χ4n) is 2.43. The SMILES string of the molecule is C[C@@H](CO)c1ccc2c(c1)OCc1ccccc1C2=O. The number of hydrogen-bond donors (Lipinski definition) is 1. The second-order valence-corrected chi connectivity index (χ2v) is 5.11. The topological polar surface area (TPSA) is 46.5 Å². The molecule has 1 aliphatic heterocycles. The van der Waals surface area contributed by atoms with Gasteiger partial charge in [0.25, 0.3) is 0 Å². The van der Waals surface area contributed by atoms with Crippen LogP contribution in [0.25, 0.3) is 0 Å². The minimum absolute atomic E-state index is 0.00342. The van der Waals surface area contributed by atoms with Gasteiger partial charge in [-0.2, -0.15) is 0 Å². The molecule has 1 atom stereocenters. The number of ether oxygens (including phenoxy) is 1. The Morgan fingerprint density at radius 1 is 1.20 bits per heavy atom. The third kappa shape index (κ3) is 2.10. The molecule has 0 saturated carbocycles. The zero-order valence-corrected chi connectivity index (χ0v) is 11.3. The van der Waals surface area contributed by atoms with E-state index in [1.807, 2.05) is 43.3 Å². The van der Waals surface area contributed by atoms with E-state index in [-0.39, 0.29) is 18.3 Å². The molecule has 0 saturated heterocycles. The molecule has 102 valence electrons. The van der Waals surface area contributed by atoms with Crippen LogP contribution in [0.3, 0.4) is 0 Å². The first-order valence-corrected chi connectivity index (χ1v) is 6.71. The summed E-state index contributed by atoms with van der Waals surface area (Å²) in [5.74, 6) is 0.630. The highest BCUT2D eigenvalue weighted by atomic mass is 16.5. The molecule has 1 heterocycles. The van der Waals surface area contributed by atoms with Crippen LogP contribution in [0.4, 0.5) is 0 Å². The normalized spacial score (nSPS) is 14.8. The molecule has 20 heavy (non-hydrogen) atoms. The molecule has 0 radical (unpaired) electrons. The third-order valence-corrected chi connectivity index (χ3v) is 3.74. The van der Waals surface area contributed by atoms with E-state index < -0.39 is 0 Å². The second kappa shape index (κ2) is 5.10. The maximum absolute atomic E-state index is 12.5. The van der Waals surface area contributed by atoms with Crippen LogP contribution >= 0.6 is 0 Å². The predicted molar refractivity (Wildman–Crippen MR) is 76.1 cm³/mol. The fraction of sp³-hybridized carbons (Fsp3) is 0.235. The smallest absolute Gasteiger partial charge is 0.197 e. The average Bonchev–Trinajstić information content (AvgIpc) is 2.64. The standard InChI is InChI=1S/C17H16O3/c1-11(9-18)12-6-7-15-16(8-12)20-10-13-4-2-3-5-14(13)17(15)19/h2-8,11,18H,9-10H2,1H3/t11-/m0/s1. The average molecular weight is 268 g/mol.